The van der Waals surface area contributed by atoms with Gasteiger partial charge in [0.1, 0.15) is 11.5 Å². The van der Waals surface area contributed by atoms with Crippen molar-refractivity contribution in [2.75, 3.05) is 5.32 Å². The quantitative estimate of drug-likeness (QED) is 0.338. The average Bonchev–Trinajstić information content (AvgIpc) is 3.30. The maximum atomic E-state index is 14.8. The standard InChI is InChI=1S/C23H18Cl2NO2P/c24-19-13-7-14-20(22(19)25)26-23(21-15-8-16-28-21)29(27,17-9-3-1-4-10-17)18-11-5-2-6-12-18/h1-16,23,26H/t23-/m0/s1. The fourth-order valence-corrected chi connectivity index (χ4v) is 6.60. The van der Waals surface area contributed by atoms with Gasteiger partial charge in [-0.1, -0.05) is 89.9 Å². The van der Waals surface area contributed by atoms with Gasteiger partial charge in [0.05, 0.1) is 22.0 Å². The Labute approximate surface area is 179 Å². The van der Waals surface area contributed by atoms with Crippen LogP contribution >= 0.6 is 30.3 Å². The minimum atomic E-state index is -3.23. The van der Waals surface area contributed by atoms with Crippen LogP contribution in [0.4, 0.5) is 5.69 Å². The molecule has 6 heteroatoms. The molecule has 0 amide bonds. The molecule has 1 aromatic heterocycles. The Bertz CT molecular complexity index is 1090. The molecule has 29 heavy (non-hydrogen) atoms. The molecule has 1 heterocycles. The van der Waals surface area contributed by atoms with Gasteiger partial charge in [0, 0.05) is 10.6 Å². The molecule has 0 radical (unpaired) electrons. The Kier molecular flexibility index (Phi) is 5.82. The molecule has 0 aliphatic heterocycles. The van der Waals surface area contributed by atoms with Gasteiger partial charge in [0.15, 0.2) is 7.14 Å². The molecule has 0 fully saturated rings. The third kappa shape index (κ3) is 3.86. The number of nitrogens with one attached hydrogen (secondary N) is 1. The van der Waals surface area contributed by atoms with E-state index >= 15 is 0 Å². The fraction of sp³-hybridized carbons (Fsp3) is 0.0435. The van der Waals surface area contributed by atoms with Crippen molar-refractivity contribution in [3.05, 3.63) is 113 Å². The smallest absolute Gasteiger partial charge is 0.171 e. The highest BCUT2D eigenvalue weighted by atomic mass is 35.5. The van der Waals surface area contributed by atoms with Crippen molar-refractivity contribution in [3.63, 3.8) is 0 Å². The second-order valence-electron chi connectivity index (χ2n) is 6.49. The van der Waals surface area contributed by atoms with Crippen LogP contribution in [0.15, 0.2) is 102 Å². The normalized spacial score (nSPS) is 12.5. The number of anilines is 1. The van der Waals surface area contributed by atoms with Crippen molar-refractivity contribution < 1.29 is 8.98 Å². The van der Waals surface area contributed by atoms with Crippen molar-refractivity contribution >= 4 is 46.6 Å². The first-order chi connectivity index (χ1) is 14.1. The van der Waals surface area contributed by atoms with E-state index in [0.717, 1.165) is 10.6 Å². The lowest BCUT2D eigenvalue weighted by atomic mass is 10.3. The first-order valence-electron chi connectivity index (χ1n) is 9.05. The highest BCUT2D eigenvalue weighted by Gasteiger charge is 2.40. The van der Waals surface area contributed by atoms with E-state index in [1.807, 2.05) is 72.8 Å². The van der Waals surface area contributed by atoms with Gasteiger partial charge >= 0.3 is 0 Å². The van der Waals surface area contributed by atoms with Crippen LogP contribution in [-0.2, 0) is 4.57 Å². The molecule has 3 aromatic carbocycles. The summed E-state index contributed by atoms with van der Waals surface area (Å²) in [4.78, 5) is 0. The van der Waals surface area contributed by atoms with E-state index in [1.165, 1.54) is 0 Å². The minimum absolute atomic E-state index is 0.374. The first-order valence-corrected chi connectivity index (χ1v) is 11.6. The number of hydrogen-bond donors (Lipinski definition) is 1. The SMILES string of the molecule is O=P(c1ccccc1)(c1ccccc1)[C@H](Nc1cccc(Cl)c1Cl)c1ccco1. The summed E-state index contributed by atoms with van der Waals surface area (Å²) < 4.78 is 20.5. The van der Waals surface area contributed by atoms with Crippen molar-refractivity contribution in [1.29, 1.82) is 0 Å². The molecular formula is C23H18Cl2NO2P. The second kappa shape index (κ2) is 8.51. The van der Waals surface area contributed by atoms with E-state index in [9.17, 15) is 4.57 Å². The predicted molar refractivity (Wildman–Crippen MR) is 121 cm³/mol. The van der Waals surface area contributed by atoms with Crippen LogP contribution in [0, 0.1) is 0 Å². The Morgan fingerprint density at radius 3 is 1.93 bits per heavy atom. The van der Waals surface area contributed by atoms with Crippen molar-refractivity contribution in [3.8, 4) is 0 Å². The zero-order chi connectivity index (χ0) is 20.3. The third-order valence-electron chi connectivity index (χ3n) is 4.70. The Morgan fingerprint density at radius 1 is 0.759 bits per heavy atom. The van der Waals surface area contributed by atoms with Crippen LogP contribution in [-0.4, -0.2) is 0 Å². The van der Waals surface area contributed by atoms with Gasteiger partial charge < -0.3 is 14.3 Å². The predicted octanol–water partition coefficient (Wildman–Crippen LogP) is 6.71. The van der Waals surface area contributed by atoms with Gasteiger partial charge in [-0.15, -0.1) is 0 Å². The van der Waals surface area contributed by atoms with Crippen LogP contribution in [0.25, 0.3) is 0 Å². The molecule has 0 aliphatic carbocycles. The van der Waals surface area contributed by atoms with Gasteiger partial charge in [-0.25, -0.2) is 0 Å². The molecule has 0 unspecified atom stereocenters. The van der Waals surface area contributed by atoms with Crippen LogP contribution in [0.5, 0.6) is 0 Å². The summed E-state index contributed by atoms with van der Waals surface area (Å²) >= 11 is 12.6. The van der Waals surface area contributed by atoms with E-state index in [4.69, 9.17) is 27.6 Å². The Morgan fingerprint density at radius 2 is 1.38 bits per heavy atom. The lowest BCUT2D eigenvalue weighted by Crippen LogP contribution is -2.25. The summed E-state index contributed by atoms with van der Waals surface area (Å²) in [5, 5.41) is 5.59. The third-order valence-corrected chi connectivity index (χ3v) is 8.76. The minimum Gasteiger partial charge on any atom is -0.467 e. The number of benzene rings is 3. The maximum absolute atomic E-state index is 14.8. The van der Waals surface area contributed by atoms with Gasteiger partial charge in [-0.05, 0) is 24.3 Å². The number of furan rings is 1. The molecule has 1 N–H and O–H groups in total. The molecule has 3 nitrogen and oxygen atoms in total. The monoisotopic (exact) mass is 441 g/mol. The van der Waals surface area contributed by atoms with Crippen molar-refractivity contribution in [1.82, 2.24) is 0 Å². The van der Waals surface area contributed by atoms with Gasteiger partial charge in [0.25, 0.3) is 0 Å². The molecular weight excluding hydrogens is 424 g/mol. The summed E-state index contributed by atoms with van der Waals surface area (Å²) in [7, 11) is -3.23. The topological polar surface area (TPSA) is 42.2 Å². The van der Waals surface area contributed by atoms with E-state index in [0.29, 0.717) is 21.5 Å². The second-order valence-corrected chi connectivity index (χ2v) is 10.1. The summed E-state index contributed by atoms with van der Waals surface area (Å²) in [5.74, 6) is -0.115. The molecule has 0 spiro atoms. The Hall–Kier alpha value is -2.45. The largest absolute Gasteiger partial charge is 0.467 e. The summed E-state index contributed by atoms with van der Waals surface area (Å²) in [6, 6.07) is 27.8. The zero-order valence-electron chi connectivity index (χ0n) is 15.3. The van der Waals surface area contributed by atoms with Gasteiger partial charge in [-0.3, -0.25) is 0 Å². The number of halogens is 2. The van der Waals surface area contributed by atoms with E-state index in [-0.39, 0.29) is 0 Å². The maximum Gasteiger partial charge on any atom is 0.171 e. The Balaban J connectivity index is 1.93. The molecule has 4 rings (SSSR count). The fourth-order valence-electron chi connectivity index (χ4n) is 3.30. The summed E-state index contributed by atoms with van der Waals surface area (Å²) in [5.41, 5.74) is 0.590. The molecule has 0 saturated carbocycles. The summed E-state index contributed by atoms with van der Waals surface area (Å²) in [6.45, 7) is 0. The highest BCUT2D eigenvalue weighted by molar-refractivity contribution is 7.79. The van der Waals surface area contributed by atoms with Crippen molar-refractivity contribution in [2.45, 2.75) is 5.78 Å². The molecule has 0 aliphatic rings. The lowest BCUT2D eigenvalue weighted by Gasteiger charge is -2.29. The van der Waals surface area contributed by atoms with Crippen LogP contribution < -0.4 is 15.9 Å². The highest BCUT2D eigenvalue weighted by Crippen LogP contribution is 2.57. The molecule has 4 aromatic rings. The molecule has 146 valence electrons. The van der Waals surface area contributed by atoms with Crippen LogP contribution in [0.1, 0.15) is 11.5 Å². The average molecular weight is 442 g/mol. The molecule has 0 saturated heterocycles. The lowest BCUT2D eigenvalue weighted by molar-refractivity contribution is 0.504. The number of rotatable bonds is 6. The van der Waals surface area contributed by atoms with E-state index in [2.05, 4.69) is 5.32 Å². The van der Waals surface area contributed by atoms with E-state index < -0.39 is 12.9 Å². The van der Waals surface area contributed by atoms with Crippen molar-refractivity contribution in [2.24, 2.45) is 0 Å². The van der Waals surface area contributed by atoms with Crippen LogP contribution in [0.2, 0.25) is 10.0 Å². The van der Waals surface area contributed by atoms with E-state index in [1.54, 1.807) is 24.5 Å². The molecule has 1 atom stereocenters. The summed E-state index contributed by atoms with van der Waals surface area (Å²) in [6.07, 6.45) is 1.57. The van der Waals surface area contributed by atoms with Gasteiger partial charge in [0.2, 0.25) is 0 Å². The zero-order valence-corrected chi connectivity index (χ0v) is 17.7. The van der Waals surface area contributed by atoms with Crippen LogP contribution in [0.3, 0.4) is 0 Å². The number of hydrogen-bond acceptors (Lipinski definition) is 3. The molecule has 0 bridgehead atoms. The first kappa shape index (κ1) is 19.8. The van der Waals surface area contributed by atoms with Gasteiger partial charge in [-0.2, -0.15) is 0 Å².